The molecule has 1 saturated carbocycles. The van der Waals surface area contributed by atoms with E-state index in [-0.39, 0.29) is 12.1 Å². The lowest BCUT2D eigenvalue weighted by atomic mass is 9.96. The highest BCUT2D eigenvalue weighted by molar-refractivity contribution is 5.68. The fourth-order valence-corrected chi connectivity index (χ4v) is 2.79. The van der Waals surface area contributed by atoms with Gasteiger partial charge in [0, 0.05) is 13.1 Å². The average Bonchev–Trinajstić information content (AvgIpc) is 2.75. The molecule has 0 radical (unpaired) electrons. The second kappa shape index (κ2) is 4.84. The quantitative estimate of drug-likeness (QED) is 0.768. The summed E-state index contributed by atoms with van der Waals surface area (Å²) in [7, 11) is 0. The molecule has 1 aliphatic heterocycles. The van der Waals surface area contributed by atoms with Crippen LogP contribution in [0.3, 0.4) is 0 Å². The van der Waals surface area contributed by atoms with Crippen LogP contribution in [0, 0.1) is 5.92 Å². The molecule has 2 aliphatic rings. The fourth-order valence-electron chi connectivity index (χ4n) is 2.79. The molecule has 1 atom stereocenters. The van der Waals surface area contributed by atoms with Gasteiger partial charge in [-0.1, -0.05) is 12.8 Å². The first kappa shape index (κ1) is 10.7. The predicted octanol–water partition coefficient (Wildman–Crippen LogP) is 1.35. The lowest BCUT2D eigenvalue weighted by Gasteiger charge is -2.36. The summed E-state index contributed by atoms with van der Waals surface area (Å²) >= 11 is 0. The number of nitrogens with zero attached hydrogens (tertiary/aromatic N) is 1. The minimum Gasteiger partial charge on any atom is -0.449 e. The molecule has 15 heavy (non-hydrogen) atoms. The summed E-state index contributed by atoms with van der Waals surface area (Å²) in [6.45, 7) is 1.95. The molecule has 0 aromatic carbocycles. The van der Waals surface area contributed by atoms with Crippen LogP contribution in [0.1, 0.15) is 32.1 Å². The van der Waals surface area contributed by atoms with E-state index in [1.807, 2.05) is 4.90 Å². The molecule has 2 fully saturated rings. The Morgan fingerprint density at radius 2 is 2.13 bits per heavy atom. The lowest BCUT2D eigenvalue weighted by molar-refractivity contribution is 0.0440. The van der Waals surface area contributed by atoms with Gasteiger partial charge in [0.1, 0.15) is 0 Å². The van der Waals surface area contributed by atoms with Gasteiger partial charge in [-0.15, -0.1) is 0 Å². The predicted molar refractivity (Wildman–Crippen MR) is 57.5 cm³/mol. The SMILES string of the molecule is NCC(C1CCCC1)N1CCCOC1=O. The first-order valence-electron chi connectivity index (χ1n) is 5.96. The number of carbonyl (C=O) groups is 1. The van der Waals surface area contributed by atoms with Crippen molar-refractivity contribution in [1.82, 2.24) is 4.90 Å². The van der Waals surface area contributed by atoms with Crippen LogP contribution < -0.4 is 5.73 Å². The van der Waals surface area contributed by atoms with Crippen molar-refractivity contribution in [2.45, 2.75) is 38.1 Å². The van der Waals surface area contributed by atoms with E-state index in [1.165, 1.54) is 25.7 Å². The van der Waals surface area contributed by atoms with Crippen LogP contribution in [-0.2, 0) is 4.74 Å². The van der Waals surface area contributed by atoms with Crippen molar-refractivity contribution in [3.05, 3.63) is 0 Å². The van der Waals surface area contributed by atoms with Gasteiger partial charge in [0.05, 0.1) is 12.6 Å². The third kappa shape index (κ3) is 2.25. The highest BCUT2D eigenvalue weighted by Crippen LogP contribution is 2.30. The van der Waals surface area contributed by atoms with Gasteiger partial charge >= 0.3 is 6.09 Å². The van der Waals surface area contributed by atoms with Crippen molar-refractivity contribution in [2.24, 2.45) is 11.7 Å². The highest BCUT2D eigenvalue weighted by Gasteiger charge is 2.33. The van der Waals surface area contributed by atoms with E-state index in [4.69, 9.17) is 10.5 Å². The van der Waals surface area contributed by atoms with Crippen LogP contribution >= 0.6 is 0 Å². The maximum absolute atomic E-state index is 11.6. The largest absolute Gasteiger partial charge is 0.449 e. The minimum atomic E-state index is -0.163. The Hall–Kier alpha value is -0.770. The molecule has 1 unspecified atom stereocenters. The van der Waals surface area contributed by atoms with Crippen molar-refractivity contribution in [2.75, 3.05) is 19.7 Å². The van der Waals surface area contributed by atoms with Crippen LogP contribution in [0.2, 0.25) is 0 Å². The Morgan fingerprint density at radius 3 is 2.73 bits per heavy atom. The van der Waals surface area contributed by atoms with Gasteiger partial charge in [-0.2, -0.15) is 0 Å². The van der Waals surface area contributed by atoms with Gasteiger partial charge in [-0.05, 0) is 25.2 Å². The van der Waals surface area contributed by atoms with Gasteiger partial charge in [0.25, 0.3) is 0 Å². The second-order valence-corrected chi connectivity index (χ2v) is 4.51. The summed E-state index contributed by atoms with van der Waals surface area (Å²) in [5.41, 5.74) is 5.80. The van der Waals surface area contributed by atoms with E-state index < -0.39 is 0 Å². The normalized spacial score (nSPS) is 25.4. The van der Waals surface area contributed by atoms with E-state index in [2.05, 4.69) is 0 Å². The van der Waals surface area contributed by atoms with Crippen LogP contribution in [0.5, 0.6) is 0 Å². The smallest absolute Gasteiger partial charge is 0.410 e. The zero-order valence-electron chi connectivity index (χ0n) is 9.15. The molecule has 1 amide bonds. The van der Waals surface area contributed by atoms with Gasteiger partial charge in [-0.25, -0.2) is 4.79 Å². The molecule has 0 spiro atoms. The number of ether oxygens (including phenoxy) is 1. The van der Waals surface area contributed by atoms with E-state index in [0.29, 0.717) is 19.1 Å². The zero-order chi connectivity index (χ0) is 10.7. The summed E-state index contributed by atoms with van der Waals surface area (Å²) in [5, 5.41) is 0. The Morgan fingerprint density at radius 1 is 1.40 bits per heavy atom. The molecule has 1 heterocycles. The highest BCUT2D eigenvalue weighted by atomic mass is 16.6. The Bertz CT molecular complexity index is 227. The van der Waals surface area contributed by atoms with Crippen LogP contribution in [0.25, 0.3) is 0 Å². The molecule has 1 aliphatic carbocycles. The number of amides is 1. The summed E-state index contributed by atoms with van der Waals surface area (Å²) in [6, 6.07) is 0.209. The fraction of sp³-hybridized carbons (Fsp3) is 0.909. The molecule has 1 saturated heterocycles. The standard InChI is InChI=1S/C11H20N2O2/c12-8-10(9-4-1-2-5-9)13-6-3-7-15-11(13)14/h9-10H,1-8,12H2. The summed E-state index contributed by atoms with van der Waals surface area (Å²) in [6.07, 6.45) is 5.77. The Labute approximate surface area is 90.8 Å². The maximum Gasteiger partial charge on any atom is 0.410 e. The number of carbonyl (C=O) groups excluding carboxylic acids is 1. The number of rotatable bonds is 3. The first-order chi connectivity index (χ1) is 7.33. The Balaban J connectivity index is 2.00. The topological polar surface area (TPSA) is 55.6 Å². The van der Waals surface area contributed by atoms with Gasteiger partial charge in [0.2, 0.25) is 0 Å². The van der Waals surface area contributed by atoms with E-state index in [1.54, 1.807) is 0 Å². The molecule has 0 aromatic rings. The number of hydrogen-bond donors (Lipinski definition) is 1. The van der Waals surface area contributed by atoms with Crippen molar-refractivity contribution in [3.63, 3.8) is 0 Å². The average molecular weight is 212 g/mol. The number of cyclic esters (lactones) is 1. The first-order valence-corrected chi connectivity index (χ1v) is 5.96. The van der Waals surface area contributed by atoms with E-state index in [0.717, 1.165) is 13.0 Å². The number of hydrogen-bond acceptors (Lipinski definition) is 3. The third-order valence-electron chi connectivity index (χ3n) is 3.59. The van der Waals surface area contributed by atoms with E-state index in [9.17, 15) is 4.79 Å². The number of nitrogens with two attached hydrogens (primary N) is 1. The third-order valence-corrected chi connectivity index (χ3v) is 3.59. The minimum absolute atomic E-state index is 0.163. The maximum atomic E-state index is 11.6. The van der Waals surface area contributed by atoms with Crippen molar-refractivity contribution < 1.29 is 9.53 Å². The van der Waals surface area contributed by atoms with Crippen molar-refractivity contribution in [3.8, 4) is 0 Å². The van der Waals surface area contributed by atoms with Crippen LogP contribution in [-0.4, -0.2) is 36.7 Å². The van der Waals surface area contributed by atoms with Crippen molar-refractivity contribution in [1.29, 1.82) is 0 Å². The Kier molecular flexibility index (Phi) is 3.46. The summed E-state index contributed by atoms with van der Waals surface area (Å²) in [4.78, 5) is 13.4. The molecular formula is C11H20N2O2. The van der Waals surface area contributed by atoms with Crippen LogP contribution in [0.15, 0.2) is 0 Å². The van der Waals surface area contributed by atoms with E-state index >= 15 is 0 Å². The van der Waals surface area contributed by atoms with Gasteiger partial charge in [0.15, 0.2) is 0 Å². The molecule has 4 nitrogen and oxygen atoms in total. The molecule has 2 N–H and O–H groups in total. The lowest BCUT2D eigenvalue weighted by Crippen LogP contribution is -2.51. The molecular weight excluding hydrogens is 192 g/mol. The zero-order valence-corrected chi connectivity index (χ0v) is 9.15. The molecule has 2 rings (SSSR count). The molecule has 0 bridgehead atoms. The summed E-state index contributed by atoms with van der Waals surface area (Å²) < 4.78 is 5.06. The van der Waals surface area contributed by atoms with Crippen molar-refractivity contribution >= 4 is 6.09 Å². The monoisotopic (exact) mass is 212 g/mol. The summed E-state index contributed by atoms with van der Waals surface area (Å²) in [5.74, 6) is 0.598. The molecule has 4 heteroatoms. The molecule has 86 valence electrons. The van der Waals surface area contributed by atoms with Gasteiger partial charge < -0.3 is 15.4 Å². The van der Waals surface area contributed by atoms with Gasteiger partial charge in [-0.3, -0.25) is 0 Å². The second-order valence-electron chi connectivity index (χ2n) is 4.51. The molecule has 0 aromatic heterocycles. The van der Waals surface area contributed by atoms with Crippen LogP contribution in [0.4, 0.5) is 4.79 Å².